The summed E-state index contributed by atoms with van der Waals surface area (Å²) in [5.41, 5.74) is 0. The van der Waals surface area contributed by atoms with Crippen LogP contribution in [0.2, 0.25) is 0 Å². The summed E-state index contributed by atoms with van der Waals surface area (Å²) < 4.78 is 10.1. The standard InChI is InChI=1S/C13H23NO4/c1-6-12(15)17-8-11(10(4)5)18-13(16)14-7-9(2)3/h6,9-11H,1,7-8H2,2-5H3,(H,14,16). The first kappa shape index (κ1) is 16.5. The third-order valence-corrected chi connectivity index (χ3v) is 2.21. The fourth-order valence-corrected chi connectivity index (χ4v) is 1.05. The van der Waals surface area contributed by atoms with E-state index >= 15 is 0 Å². The highest BCUT2D eigenvalue weighted by Gasteiger charge is 2.20. The Morgan fingerprint density at radius 2 is 1.89 bits per heavy atom. The number of carbonyl (C=O) groups excluding carboxylic acids is 2. The summed E-state index contributed by atoms with van der Waals surface area (Å²) in [6, 6.07) is 0. The van der Waals surface area contributed by atoms with Crippen LogP contribution >= 0.6 is 0 Å². The second-order valence-corrected chi connectivity index (χ2v) is 4.80. The molecule has 104 valence electrons. The number of hydrogen-bond acceptors (Lipinski definition) is 4. The number of ether oxygens (including phenoxy) is 2. The van der Waals surface area contributed by atoms with Crippen LogP contribution in [0.3, 0.4) is 0 Å². The van der Waals surface area contributed by atoms with Crippen molar-refractivity contribution in [3.8, 4) is 0 Å². The van der Waals surface area contributed by atoms with Gasteiger partial charge in [0, 0.05) is 12.6 Å². The fourth-order valence-electron chi connectivity index (χ4n) is 1.05. The molecule has 0 aliphatic heterocycles. The van der Waals surface area contributed by atoms with E-state index in [1.54, 1.807) is 0 Å². The Morgan fingerprint density at radius 1 is 1.28 bits per heavy atom. The zero-order valence-electron chi connectivity index (χ0n) is 11.6. The van der Waals surface area contributed by atoms with Crippen LogP contribution in [0.4, 0.5) is 4.79 Å². The maximum absolute atomic E-state index is 11.5. The van der Waals surface area contributed by atoms with Gasteiger partial charge >= 0.3 is 12.1 Å². The molecule has 0 aromatic rings. The molecule has 0 aliphatic carbocycles. The number of alkyl carbamates (subject to hydrolysis) is 1. The minimum atomic E-state index is -0.521. The molecule has 5 heteroatoms. The van der Waals surface area contributed by atoms with Crippen molar-refractivity contribution < 1.29 is 19.1 Å². The molecule has 1 unspecified atom stereocenters. The van der Waals surface area contributed by atoms with Crippen molar-refractivity contribution in [3.63, 3.8) is 0 Å². The number of amides is 1. The largest absolute Gasteiger partial charge is 0.459 e. The number of esters is 1. The maximum Gasteiger partial charge on any atom is 0.407 e. The van der Waals surface area contributed by atoms with Crippen LogP contribution in [0.25, 0.3) is 0 Å². The van der Waals surface area contributed by atoms with Crippen molar-refractivity contribution in [2.24, 2.45) is 11.8 Å². The molecule has 0 bridgehead atoms. The van der Waals surface area contributed by atoms with E-state index < -0.39 is 18.2 Å². The Kier molecular flexibility index (Phi) is 7.83. The van der Waals surface area contributed by atoms with Crippen molar-refractivity contribution >= 4 is 12.1 Å². The molecular weight excluding hydrogens is 234 g/mol. The van der Waals surface area contributed by atoms with E-state index in [0.717, 1.165) is 6.08 Å². The van der Waals surface area contributed by atoms with Crippen molar-refractivity contribution in [3.05, 3.63) is 12.7 Å². The van der Waals surface area contributed by atoms with Gasteiger partial charge in [-0.15, -0.1) is 0 Å². The van der Waals surface area contributed by atoms with Gasteiger partial charge in [-0.3, -0.25) is 0 Å². The number of nitrogens with one attached hydrogen (secondary N) is 1. The molecule has 0 rings (SSSR count). The van der Waals surface area contributed by atoms with Crippen molar-refractivity contribution in [1.82, 2.24) is 5.32 Å². The first-order chi connectivity index (χ1) is 8.36. The molecule has 0 saturated heterocycles. The molecule has 0 spiro atoms. The summed E-state index contributed by atoms with van der Waals surface area (Å²) in [4.78, 5) is 22.4. The number of rotatable bonds is 7. The molecule has 0 radical (unpaired) electrons. The SMILES string of the molecule is C=CC(=O)OCC(OC(=O)NCC(C)C)C(C)C. The Labute approximate surface area is 109 Å². The number of hydrogen-bond donors (Lipinski definition) is 1. The van der Waals surface area contributed by atoms with E-state index in [-0.39, 0.29) is 12.5 Å². The molecule has 0 aromatic carbocycles. The first-order valence-electron chi connectivity index (χ1n) is 6.10. The van der Waals surface area contributed by atoms with Crippen molar-refractivity contribution in [2.45, 2.75) is 33.8 Å². The van der Waals surface area contributed by atoms with Gasteiger partial charge in [-0.1, -0.05) is 34.3 Å². The highest BCUT2D eigenvalue weighted by molar-refractivity contribution is 5.81. The second-order valence-electron chi connectivity index (χ2n) is 4.80. The van der Waals surface area contributed by atoms with Gasteiger partial charge in [-0.2, -0.15) is 0 Å². The van der Waals surface area contributed by atoms with Gasteiger partial charge < -0.3 is 14.8 Å². The van der Waals surface area contributed by atoms with Gasteiger partial charge in [0.2, 0.25) is 0 Å². The molecular formula is C13H23NO4. The highest BCUT2D eigenvalue weighted by atomic mass is 16.6. The Hall–Kier alpha value is -1.52. The van der Waals surface area contributed by atoms with E-state index in [9.17, 15) is 9.59 Å². The van der Waals surface area contributed by atoms with E-state index in [2.05, 4.69) is 11.9 Å². The summed E-state index contributed by atoms with van der Waals surface area (Å²) in [6.45, 7) is 11.7. The van der Waals surface area contributed by atoms with E-state index in [1.807, 2.05) is 27.7 Å². The van der Waals surface area contributed by atoms with Crippen LogP contribution in [0.5, 0.6) is 0 Å². The van der Waals surface area contributed by atoms with Gasteiger partial charge in [0.1, 0.15) is 12.7 Å². The van der Waals surface area contributed by atoms with Crippen LogP contribution in [0.1, 0.15) is 27.7 Å². The Morgan fingerprint density at radius 3 is 2.33 bits per heavy atom. The first-order valence-corrected chi connectivity index (χ1v) is 6.10. The quantitative estimate of drug-likeness (QED) is 0.560. The summed E-state index contributed by atoms with van der Waals surface area (Å²) in [6.07, 6.45) is 0.133. The number of carbonyl (C=O) groups is 2. The Bertz CT molecular complexity index is 287. The average Bonchev–Trinajstić information content (AvgIpc) is 2.30. The van der Waals surface area contributed by atoms with Gasteiger partial charge in [0.15, 0.2) is 0 Å². The molecule has 0 aromatic heterocycles. The third-order valence-electron chi connectivity index (χ3n) is 2.21. The highest BCUT2D eigenvalue weighted by Crippen LogP contribution is 2.08. The van der Waals surface area contributed by atoms with Gasteiger partial charge in [0.25, 0.3) is 0 Å². The predicted molar refractivity (Wildman–Crippen MR) is 69.1 cm³/mol. The lowest BCUT2D eigenvalue weighted by Crippen LogP contribution is -2.36. The second kappa shape index (κ2) is 8.55. The summed E-state index contributed by atoms with van der Waals surface area (Å²) in [7, 11) is 0. The van der Waals surface area contributed by atoms with E-state index in [1.165, 1.54) is 0 Å². The van der Waals surface area contributed by atoms with Gasteiger partial charge in [-0.05, 0) is 11.8 Å². The zero-order chi connectivity index (χ0) is 14.1. The Balaban J connectivity index is 4.14. The van der Waals surface area contributed by atoms with E-state index in [4.69, 9.17) is 9.47 Å². The molecule has 18 heavy (non-hydrogen) atoms. The lowest BCUT2D eigenvalue weighted by Gasteiger charge is -2.21. The smallest absolute Gasteiger partial charge is 0.407 e. The topological polar surface area (TPSA) is 64.6 Å². The summed E-state index contributed by atoms with van der Waals surface area (Å²) >= 11 is 0. The molecule has 0 heterocycles. The molecule has 0 fully saturated rings. The monoisotopic (exact) mass is 257 g/mol. The molecule has 5 nitrogen and oxygen atoms in total. The van der Waals surface area contributed by atoms with Crippen LogP contribution in [-0.2, 0) is 14.3 Å². The summed E-state index contributed by atoms with van der Waals surface area (Å²) in [5, 5.41) is 2.65. The van der Waals surface area contributed by atoms with Crippen LogP contribution < -0.4 is 5.32 Å². The normalized spacial score (nSPS) is 12.1. The van der Waals surface area contributed by atoms with Crippen molar-refractivity contribution in [2.75, 3.05) is 13.2 Å². The van der Waals surface area contributed by atoms with Gasteiger partial charge in [0.05, 0.1) is 0 Å². The molecule has 1 atom stereocenters. The minimum Gasteiger partial charge on any atom is -0.459 e. The molecule has 0 saturated carbocycles. The fraction of sp³-hybridized carbons (Fsp3) is 0.692. The molecule has 0 aliphatic rings. The maximum atomic E-state index is 11.5. The third kappa shape index (κ3) is 7.70. The average molecular weight is 257 g/mol. The zero-order valence-corrected chi connectivity index (χ0v) is 11.6. The van der Waals surface area contributed by atoms with Crippen LogP contribution in [0, 0.1) is 11.8 Å². The predicted octanol–water partition coefficient (Wildman–Crippen LogP) is 2.12. The van der Waals surface area contributed by atoms with Crippen molar-refractivity contribution in [1.29, 1.82) is 0 Å². The lowest BCUT2D eigenvalue weighted by molar-refractivity contribution is -0.141. The van der Waals surface area contributed by atoms with E-state index in [0.29, 0.717) is 12.5 Å². The lowest BCUT2D eigenvalue weighted by atomic mass is 10.1. The van der Waals surface area contributed by atoms with Crippen LogP contribution in [-0.4, -0.2) is 31.3 Å². The van der Waals surface area contributed by atoms with Gasteiger partial charge in [-0.25, -0.2) is 9.59 Å². The molecule has 1 N–H and O–H groups in total. The van der Waals surface area contributed by atoms with Crippen LogP contribution in [0.15, 0.2) is 12.7 Å². The molecule has 1 amide bonds. The summed E-state index contributed by atoms with van der Waals surface area (Å²) in [5.74, 6) is -0.104. The minimum absolute atomic E-state index is 0.0393.